The molecule has 4 nitrogen and oxygen atoms in total. The minimum absolute atomic E-state index is 0.276. The van der Waals surface area contributed by atoms with Crippen LogP contribution in [0.3, 0.4) is 0 Å². The molecule has 0 atom stereocenters. The van der Waals surface area contributed by atoms with Gasteiger partial charge in [-0.15, -0.1) is 11.3 Å². The molecule has 1 aromatic rings. The normalized spacial score (nSPS) is 19.9. The van der Waals surface area contributed by atoms with Gasteiger partial charge in [0.2, 0.25) is 0 Å². The highest BCUT2D eigenvalue weighted by Gasteiger charge is 2.25. The Morgan fingerprint density at radius 2 is 2.38 bits per heavy atom. The molecule has 0 bridgehead atoms. The SMILES string of the molecule is CCOC(=O)c1cc2c(s1)CCS(O)(O)C2. The van der Waals surface area contributed by atoms with Gasteiger partial charge in [-0.2, -0.15) is 10.6 Å². The molecule has 1 aliphatic rings. The van der Waals surface area contributed by atoms with Crippen molar-refractivity contribution in [3.8, 4) is 0 Å². The second-order valence-electron chi connectivity index (χ2n) is 3.68. The third-order valence-electron chi connectivity index (χ3n) is 2.42. The molecule has 0 aliphatic carbocycles. The fourth-order valence-corrected chi connectivity index (χ4v) is 4.41. The van der Waals surface area contributed by atoms with Crippen LogP contribution in [0, 0.1) is 0 Å². The summed E-state index contributed by atoms with van der Waals surface area (Å²) in [4.78, 5) is 13.1. The van der Waals surface area contributed by atoms with E-state index < -0.39 is 10.6 Å². The number of hydrogen-bond donors (Lipinski definition) is 2. The molecule has 2 heterocycles. The minimum atomic E-state index is -2.47. The number of esters is 1. The van der Waals surface area contributed by atoms with E-state index in [0.29, 0.717) is 23.7 Å². The van der Waals surface area contributed by atoms with Crippen molar-refractivity contribution in [2.45, 2.75) is 19.1 Å². The maximum atomic E-state index is 11.5. The van der Waals surface area contributed by atoms with Crippen molar-refractivity contribution in [3.63, 3.8) is 0 Å². The summed E-state index contributed by atoms with van der Waals surface area (Å²) in [7, 11) is -2.47. The van der Waals surface area contributed by atoms with E-state index in [2.05, 4.69) is 0 Å². The Morgan fingerprint density at radius 1 is 1.62 bits per heavy atom. The first-order valence-electron chi connectivity index (χ1n) is 5.04. The summed E-state index contributed by atoms with van der Waals surface area (Å²) < 4.78 is 24.1. The van der Waals surface area contributed by atoms with Gasteiger partial charge >= 0.3 is 5.97 Å². The Kier molecular flexibility index (Phi) is 3.25. The minimum Gasteiger partial charge on any atom is -0.462 e. The average molecular weight is 262 g/mol. The van der Waals surface area contributed by atoms with Crippen molar-refractivity contribution in [2.24, 2.45) is 0 Å². The fourth-order valence-electron chi connectivity index (χ4n) is 1.68. The summed E-state index contributed by atoms with van der Waals surface area (Å²) in [5, 5.41) is 0. The first kappa shape index (κ1) is 11.9. The zero-order valence-electron chi connectivity index (χ0n) is 8.93. The van der Waals surface area contributed by atoms with Gasteiger partial charge < -0.3 is 4.74 Å². The summed E-state index contributed by atoms with van der Waals surface area (Å²) in [5.41, 5.74) is 0.888. The summed E-state index contributed by atoms with van der Waals surface area (Å²) in [6.07, 6.45) is 0.641. The highest BCUT2D eigenvalue weighted by Crippen LogP contribution is 2.48. The number of thiophene rings is 1. The Balaban J connectivity index is 2.21. The number of aryl methyl sites for hydroxylation is 1. The van der Waals surface area contributed by atoms with Crippen LogP contribution >= 0.6 is 21.9 Å². The molecule has 6 heteroatoms. The fraction of sp³-hybridized carbons (Fsp3) is 0.500. The number of hydrogen-bond acceptors (Lipinski definition) is 5. The highest BCUT2D eigenvalue weighted by molar-refractivity contribution is 8.23. The van der Waals surface area contributed by atoms with Crippen LogP contribution in [0.2, 0.25) is 0 Å². The third kappa shape index (κ3) is 2.40. The van der Waals surface area contributed by atoms with Gasteiger partial charge in [-0.25, -0.2) is 4.79 Å². The van der Waals surface area contributed by atoms with E-state index in [1.807, 2.05) is 0 Å². The van der Waals surface area contributed by atoms with Crippen molar-refractivity contribution in [1.82, 2.24) is 0 Å². The molecule has 0 radical (unpaired) electrons. The lowest BCUT2D eigenvalue weighted by molar-refractivity contribution is 0.0532. The molecule has 0 spiro atoms. The van der Waals surface area contributed by atoms with Gasteiger partial charge in [-0.1, -0.05) is 0 Å². The van der Waals surface area contributed by atoms with E-state index in [9.17, 15) is 13.9 Å². The first-order valence-corrected chi connectivity index (χ1v) is 7.74. The van der Waals surface area contributed by atoms with E-state index in [4.69, 9.17) is 4.74 Å². The van der Waals surface area contributed by atoms with Crippen LogP contribution in [0.5, 0.6) is 0 Å². The van der Waals surface area contributed by atoms with E-state index in [-0.39, 0.29) is 11.7 Å². The molecule has 1 aliphatic heterocycles. The largest absolute Gasteiger partial charge is 0.462 e. The zero-order valence-corrected chi connectivity index (χ0v) is 10.6. The predicted octanol–water partition coefficient (Wildman–Crippen LogP) is 2.73. The Hall–Kier alpha value is -0.560. The van der Waals surface area contributed by atoms with Crippen LogP contribution in [0.1, 0.15) is 27.0 Å². The van der Waals surface area contributed by atoms with E-state index >= 15 is 0 Å². The molecule has 2 N–H and O–H groups in total. The standard InChI is InChI=1S/C10H14O4S2/c1-2-14-10(11)9-5-7-6-16(12,13)4-3-8(7)15-9/h5,12-13H,2-4,6H2,1H3. The molecule has 0 fully saturated rings. The first-order chi connectivity index (χ1) is 7.52. The Labute approximate surface area is 99.6 Å². The van der Waals surface area contributed by atoms with Gasteiger partial charge in [0, 0.05) is 10.6 Å². The van der Waals surface area contributed by atoms with Gasteiger partial charge in [0.05, 0.1) is 12.4 Å². The van der Waals surface area contributed by atoms with Crippen molar-refractivity contribution in [3.05, 3.63) is 21.4 Å². The molecule has 16 heavy (non-hydrogen) atoms. The molecular formula is C10H14O4S2. The lowest BCUT2D eigenvalue weighted by Gasteiger charge is -2.35. The van der Waals surface area contributed by atoms with Crippen molar-refractivity contribution in [2.75, 3.05) is 12.4 Å². The smallest absolute Gasteiger partial charge is 0.348 e. The molecule has 0 amide bonds. The molecule has 0 saturated carbocycles. The van der Waals surface area contributed by atoms with Gasteiger partial charge in [0.15, 0.2) is 0 Å². The number of ether oxygens (including phenoxy) is 1. The van der Waals surface area contributed by atoms with E-state index in [0.717, 1.165) is 10.4 Å². The van der Waals surface area contributed by atoms with Gasteiger partial charge in [-0.05, 0) is 25.0 Å². The van der Waals surface area contributed by atoms with E-state index in [1.165, 1.54) is 11.3 Å². The van der Waals surface area contributed by atoms with Crippen molar-refractivity contribution >= 4 is 27.9 Å². The zero-order chi connectivity index (χ0) is 11.8. The third-order valence-corrected chi connectivity index (χ3v) is 5.26. The van der Waals surface area contributed by atoms with Gasteiger partial charge in [0.1, 0.15) is 4.88 Å². The Bertz CT molecular complexity index is 411. The summed E-state index contributed by atoms with van der Waals surface area (Å²) in [5.74, 6) is 0.361. The van der Waals surface area contributed by atoms with Crippen LogP contribution in [0.15, 0.2) is 6.07 Å². The second-order valence-corrected chi connectivity index (χ2v) is 7.12. The number of fused-ring (bicyclic) bond motifs is 1. The summed E-state index contributed by atoms with van der Waals surface area (Å²) >= 11 is 1.40. The molecule has 0 saturated heterocycles. The molecular weight excluding hydrogens is 248 g/mol. The van der Waals surface area contributed by atoms with Crippen molar-refractivity contribution < 1.29 is 18.6 Å². The van der Waals surface area contributed by atoms with E-state index in [1.54, 1.807) is 13.0 Å². The number of carbonyl (C=O) groups excluding carboxylic acids is 1. The monoisotopic (exact) mass is 262 g/mol. The van der Waals surface area contributed by atoms with Crippen molar-refractivity contribution in [1.29, 1.82) is 0 Å². The molecule has 0 aromatic carbocycles. The quantitative estimate of drug-likeness (QED) is 0.804. The molecule has 0 unspecified atom stereocenters. The number of carbonyl (C=O) groups is 1. The maximum absolute atomic E-state index is 11.5. The van der Waals surface area contributed by atoms with Crippen LogP contribution in [-0.4, -0.2) is 27.4 Å². The molecule has 1 aromatic heterocycles. The lowest BCUT2D eigenvalue weighted by atomic mass is 10.2. The van der Waals surface area contributed by atoms with Crippen LogP contribution in [0.25, 0.3) is 0 Å². The average Bonchev–Trinajstić information content (AvgIpc) is 2.59. The predicted molar refractivity (Wildman–Crippen MR) is 65.4 cm³/mol. The van der Waals surface area contributed by atoms with Crippen LogP contribution < -0.4 is 0 Å². The highest BCUT2D eigenvalue weighted by atomic mass is 32.3. The molecule has 90 valence electrons. The maximum Gasteiger partial charge on any atom is 0.348 e. The Morgan fingerprint density at radius 3 is 3.06 bits per heavy atom. The van der Waals surface area contributed by atoms with Crippen LogP contribution in [0.4, 0.5) is 0 Å². The second kappa shape index (κ2) is 4.37. The summed E-state index contributed by atoms with van der Waals surface area (Å²) in [6, 6.07) is 1.73. The number of rotatable bonds is 2. The lowest BCUT2D eigenvalue weighted by Crippen LogP contribution is -2.13. The summed E-state index contributed by atoms with van der Waals surface area (Å²) in [6.45, 7) is 2.12. The molecule has 2 rings (SSSR count). The van der Waals surface area contributed by atoms with Gasteiger partial charge in [-0.3, -0.25) is 9.11 Å². The topological polar surface area (TPSA) is 66.8 Å². The van der Waals surface area contributed by atoms with Crippen LogP contribution in [-0.2, 0) is 16.9 Å². The van der Waals surface area contributed by atoms with Gasteiger partial charge in [0.25, 0.3) is 0 Å².